The molecule has 0 unspecified atom stereocenters. The highest BCUT2D eigenvalue weighted by molar-refractivity contribution is 9.11. The second kappa shape index (κ2) is 4.19. The zero-order valence-electron chi connectivity index (χ0n) is 7.79. The maximum absolute atomic E-state index is 5.06. The van der Waals surface area contributed by atoms with Crippen LogP contribution in [0.1, 0.15) is 0 Å². The molecule has 78 valence electrons. The fourth-order valence-corrected chi connectivity index (χ4v) is 2.71. The van der Waals surface area contributed by atoms with Gasteiger partial charge in [-0.1, -0.05) is 31.9 Å². The van der Waals surface area contributed by atoms with Crippen molar-refractivity contribution >= 4 is 44.1 Å². The topological polar surface area (TPSA) is 33.6 Å². The smallest absolute Gasteiger partial charge is 0.195 e. The summed E-state index contributed by atoms with van der Waals surface area (Å²) in [4.78, 5) is 0. The Morgan fingerprint density at radius 1 is 1.27 bits per heavy atom. The van der Waals surface area contributed by atoms with Crippen LogP contribution in [-0.2, 0) is 7.05 Å². The first kappa shape index (κ1) is 11.0. The van der Waals surface area contributed by atoms with Gasteiger partial charge in [0.1, 0.15) is 0 Å². The molecule has 1 aromatic carbocycles. The highest BCUT2D eigenvalue weighted by atomic mass is 79.9. The van der Waals surface area contributed by atoms with Crippen molar-refractivity contribution in [2.75, 3.05) is 0 Å². The molecule has 6 heteroatoms. The molecule has 0 spiro atoms. The first-order valence-electron chi connectivity index (χ1n) is 4.16. The SMILES string of the molecule is Cn1c(-c2cc(Br)cc(Br)c2)n[nH]c1=S. The summed E-state index contributed by atoms with van der Waals surface area (Å²) < 4.78 is 4.45. The average Bonchev–Trinajstić information content (AvgIpc) is 2.46. The maximum atomic E-state index is 5.06. The minimum atomic E-state index is 0.612. The third-order valence-corrected chi connectivity index (χ3v) is 3.28. The quantitative estimate of drug-likeness (QED) is 0.798. The van der Waals surface area contributed by atoms with Crippen LogP contribution in [-0.4, -0.2) is 14.8 Å². The first-order chi connectivity index (χ1) is 7.08. The molecule has 0 saturated heterocycles. The molecule has 0 amide bonds. The average molecular weight is 349 g/mol. The van der Waals surface area contributed by atoms with E-state index in [9.17, 15) is 0 Å². The van der Waals surface area contributed by atoms with Gasteiger partial charge in [0.2, 0.25) is 0 Å². The number of rotatable bonds is 1. The number of aromatic amines is 1. The number of halogens is 2. The maximum Gasteiger partial charge on any atom is 0.195 e. The van der Waals surface area contributed by atoms with Crippen molar-refractivity contribution in [2.24, 2.45) is 7.05 Å². The molecule has 0 fully saturated rings. The Morgan fingerprint density at radius 3 is 2.33 bits per heavy atom. The van der Waals surface area contributed by atoms with Gasteiger partial charge in [-0.25, -0.2) is 0 Å². The molecule has 2 aromatic rings. The van der Waals surface area contributed by atoms with Crippen molar-refractivity contribution in [3.05, 3.63) is 31.9 Å². The van der Waals surface area contributed by atoms with Crippen LogP contribution in [0.3, 0.4) is 0 Å². The predicted molar refractivity (Wildman–Crippen MR) is 69.2 cm³/mol. The molecule has 3 nitrogen and oxygen atoms in total. The molecule has 1 aromatic heterocycles. The van der Waals surface area contributed by atoms with Gasteiger partial charge < -0.3 is 4.57 Å². The number of H-pyrrole nitrogens is 1. The minimum Gasteiger partial charge on any atom is -0.303 e. The van der Waals surface area contributed by atoms with E-state index in [2.05, 4.69) is 42.1 Å². The molecular formula is C9H7Br2N3S. The van der Waals surface area contributed by atoms with Crippen LogP contribution in [0.2, 0.25) is 0 Å². The number of nitrogens with zero attached hydrogens (tertiary/aromatic N) is 2. The molecule has 2 rings (SSSR count). The van der Waals surface area contributed by atoms with E-state index >= 15 is 0 Å². The van der Waals surface area contributed by atoms with Gasteiger partial charge in [-0.2, -0.15) is 5.10 Å². The number of benzene rings is 1. The van der Waals surface area contributed by atoms with Crippen LogP contribution < -0.4 is 0 Å². The molecule has 1 N–H and O–H groups in total. The van der Waals surface area contributed by atoms with Crippen molar-refractivity contribution in [3.63, 3.8) is 0 Å². The van der Waals surface area contributed by atoms with Crippen LogP contribution in [0.5, 0.6) is 0 Å². The molecule has 15 heavy (non-hydrogen) atoms. The number of nitrogens with one attached hydrogen (secondary N) is 1. The van der Waals surface area contributed by atoms with Gasteiger partial charge in [0, 0.05) is 21.6 Å². The summed E-state index contributed by atoms with van der Waals surface area (Å²) in [5, 5.41) is 6.93. The van der Waals surface area contributed by atoms with E-state index < -0.39 is 0 Å². The molecule has 0 atom stereocenters. The fourth-order valence-electron chi connectivity index (χ4n) is 1.29. The lowest BCUT2D eigenvalue weighted by atomic mass is 10.2. The van der Waals surface area contributed by atoms with Crippen LogP contribution in [0, 0.1) is 4.77 Å². The lowest BCUT2D eigenvalue weighted by molar-refractivity contribution is 0.902. The lowest BCUT2D eigenvalue weighted by Crippen LogP contribution is -1.92. The monoisotopic (exact) mass is 347 g/mol. The summed E-state index contributed by atoms with van der Waals surface area (Å²) in [6.45, 7) is 0. The Balaban J connectivity index is 2.63. The Hall–Kier alpha value is -0.460. The number of hydrogen-bond donors (Lipinski definition) is 1. The van der Waals surface area contributed by atoms with E-state index in [0.717, 1.165) is 20.3 Å². The molecule has 1 heterocycles. The Bertz CT molecular complexity index is 538. The zero-order chi connectivity index (χ0) is 11.0. The Labute approximate surface area is 109 Å². The fraction of sp³-hybridized carbons (Fsp3) is 0.111. The predicted octanol–water partition coefficient (Wildman–Crippen LogP) is 3.67. The largest absolute Gasteiger partial charge is 0.303 e. The van der Waals surface area contributed by atoms with Crippen LogP contribution in [0.4, 0.5) is 0 Å². The summed E-state index contributed by atoms with van der Waals surface area (Å²) in [7, 11) is 1.88. The molecule has 0 aliphatic heterocycles. The number of hydrogen-bond acceptors (Lipinski definition) is 2. The van der Waals surface area contributed by atoms with E-state index in [4.69, 9.17) is 12.2 Å². The standard InChI is InChI=1S/C9H7Br2N3S/c1-14-8(12-13-9(14)15)5-2-6(10)4-7(11)3-5/h2-4H,1H3,(H,13,15). The number of aromatic nitrogens is 3. The molecule has 0 aliphatic carbocycles. The van der Waals surface area contributed by atoms with Crippen molar-refractivity contribution in [2.45, 2.75) is 0 Å². The lowest BCUT2D eigenvalue weighted by Gasteiger charge is -2.02. The second-order valence-electron chi connectivity index (χ2n) is 3.07. The molecule has 0 saturated carbocycles. The molecule has 0 bridgehead atoms. The van der Waals surface area contributed by atoms with Gasteiger partial charge in [-0.05, 0) is 30.4 Å². The highest BCUT2D eigenvalue weighted by Crippen LogP contribution is 2.26. The third-order valence-electron chi connectivity index (χ3n) is 2.00. The summed E-state index contributed by atoms with van der Waals surface area (Å²) in [5.74, 6) is 0.821. The molecule has 0 radical (unpaired) electrons. The summed E-state index contributed by atoms with van der Waals surface area (Å²) in [5.41, 5.74) is 1.01. The van der Waals surface area contributed by atoms with E-state index in [1.165, 1.54) is 0 Å². The van der Waals surface area contributed by atoms with E-state index in [0.29, 0.717) is 4.77 Å². The second-order valence-corrected chi connectivity index (χ2v) is 5.29. The summed E-state index contributed by atoms with van der Waals surface area (Å²) >= 11 is 11.9. The van der Waals surface area contributed by atoms with E-state index in [1.807, 2.05) is 29.8 Å². The minimum absolute atomic E-state index is 0.612. The van der Waals surface area contributed by atoms with E-state index in [1.54, 1.807) is 0 Å². The van der Waals surface area contributed by atoms with Crippen molar-refractivity contribution in [1.29, 1.82) is 0 Å². The van der Waals surface area contributed by atoms with Crippen molar-refractivity contribution in [3.8, 4) is 11.4 Å². The van der Waals surface area contributed by atoms with Crippen LogP contribution in [0.15, 0.2) is 27.1 Å². The van der Waals surface area contributed by atoms with Crippen LogP contribution in [0.25, 0.3) is 11.4 Å². The normalized spacial score (nSPS) is 10.6. The highest BCUT2D eigenvalue weighted by Gasteiger charge is 2.06. The van der Waals surface area contributed by atoms with Gasteiger partial charge >= 0.3 is 0 Å². The Kier molecular flexibility index (Phi) is 3.08. The third kappa shape index (κ3) is 2.21. The Morgan fingerprint density at radius 2 is 1.87 bits per heavy atom. The van der Waals surface area contributed by atoms with Crippen molar-refractivity contribution in [1.82, 2.24) is 14.8 Å². The van der Waals surface area contributed by atoms with Gasteiger partial charge in [-0.3, -0.25) is 5.10 Å². The molecular weight excluding hydrogens is 342 g/mol. The van der Waals surface area contributed by atoms with Gasteiger partial charge in [0.15, 0.2) is 10.6 Å². The van der Waals surface area contributed by atoms with Crippen LogP contribution >= 0.6 is 44.1 Å². The zero-order valence-corrected chi connectivity index (χ0v) is 11.8. The van der Waals surface area contributed by atoms with Gasteiger partial charge in [0.25, 0.3) is 0 Å². The van der Waals surface area contributed by atoms with Gasteiger partial charge in [0.05, 0.1) is 0 Å². The van der Waals surface area contributed by atoms with E-state index in [-0.39, 0.29) is 0 Å². The summed E-state index contributed by atoms with van der Waals surface area (Å²) in [6.07, 6.45) is 0. The van der Waals surface area contributed by atoms with Gasteiger partial charge in [-0.15, -0.1) is 0 Å². The van der Waals surface area contributed by atoms with Crippen molar-refractivity contribution < 1.29 is 0 Å². The summed E-state index contributed by atoms with van der Waals surface area (Å²) in [6, 6.07) is 5.97. The molecule has 0 aliphatic rings. The first-order valence-corrected chi connectivity index (χ1v) is 6.15.